The fourth-order valence-electron chi connectivity index (χ4n) is 1.55. The average molecular weight is 314 g/mol. The Morgan fingerprint density at radius 2 is 2.10 bits per heavy atom. The number of ether oxygens (including phenoxy) is 2. The highest BCUT2D eigenvalue weighted by Crippen LogP contribution is 2.21. The van der Waals surface area contributed by atoms with E-state index < -0.39 is 17.6 Å². The van der Waals surface area contributed by atoms with Gasteiger partial charge in [-0.05, 0) is 34.1 Å². The number of nitrogens with two attached hydrogens (primary N) is 1. The number of rotatable bonds is 6. The highest BCUT2D eigenvalue weighted by molar-refractivity contribution is 7.09. The second-order valence-electron chi connectivity index (χ2n) is 5.52. The Kier molecular flexibility index (Phi) is 6.29. The Balaban J connectivity index is 2.51. The topological polar surface area (TPSA) is 91.5 Å². The molecular formula is C14H22N2O4S. The van der Waals surface area contributed by atoms with Crippen LogP contribution in [0.1, 0.15) is 62.1 Å². The van der Waals surface area contributed by atoms with Crippen molar-refractivity contribution in [2.24, 2.45) is 5.73 Å². The standard InChI is InChI=1S/C14H22N2O4S/c1-5-19-13(18)10-8-21-12(16-10)9(15)6-7-11(17)20-14(2,3)4/h8-9H,5-7,15H2,1-4H3/t9-/m0/s1. The summed E-state index contributed by atoms with van der Waals surface area (Å²) in [6.07, 6.45) is 0.636. The largest absolute Gasteiger partial charge is 0.461 e. The Morgan fingerprint density at radius 3 is 2.67 bits per heavy atom. The van der Waals surface area contributed by atoms with Crippen LogP contribution < -0.4 is 5.73 Å². The zero-order valence-corrected chi connectivity index (χ0v) is 13.7. The van der Waals surface area contributed by atoms with E-state index in [-0.39, 0.29) is 18.1 Å². The van der Waals surface area contributed by atoms with Crippen molar-refractivity contribution in [3.8, 4) is 0 Å². The highest BCUT2D eigenvalue weighted by Gasteiger charge is 2.19. The van der Waals surface area contributed by atoms with Crippen molar-refractivity contribution in [2.75, 3.05) is 6.61 Å². The first kappa shape index (κ1) is 17.6. The van der Waals surface area contributed by atoms with Crippen molar-refractivity contribution >= 4 is 23.3 Å². The van der Waals surface area contributed by atoms with Gasteiger partial charge in [-0.3, -0.25) is 4.79 Å². The van der Waals surface area contributed by atoms with Crippen LogP contribution in [-0.4, -0.2) is 29.1 Å². The molecule has 0 bridgehead atoms. The summed E-state index contributed by atoms with van der Waals surface area (Å²) in [6, 6.07) is -0.398. The summed E-state index contributed by atoms with van der Waals surface area (Å²) in [5, 5.41) is 2.22. The predicted octanol–water partition coefficient (Wildman–Crippen LogP) is 2.44. The molecule has 2 N–H and O–H groups in total. The number of esters is 2. The summed E-state index contributed by atoms with van der Waals surface area (Å²) in [5.74, 6) is -0.750. The van der Waals surface area contributed by atoms with Gasteiger partial charge in [0.15, 0.2) is 5.69 Å². The van der Waals surface area contributed by atoms with E-state index in [0.29, 0.717) is 18.0 Å². The quantitative estimate of drug-likeness (QED) is 0.811. The second kappa shape index (κ2) is 7.51. The SMILES string of the molecule is CCOC(=O)c1csc([C@@H](N)CCC(=O)OC(C)(C)C)n1. The molecule has 0 aliphatic rings. The van der Waals surface area contributed by atoms with Crippen LogP contribution >= 0.6 is 11.3 Å². The molecule has 1 heterocycles. The van der Waals surface area contributed by atoms with Gasteiger partial charge in [-0.2, -0.15) is 0 Å². The lowest BCUT2D eigenvalue weighted by molar-refractivity contribution is -0.155. The lowest BCUT2D eigenvalue weighted by atomic mass is 10.1. The van der Waals surface area contributed by atoms with E-state index in [1.54, 1.807) is 12.3 Å². The molecule has 1 aromatic rings. The maximum absolute atomic E-state index is 11.6. The molecule has 1 aromatic heterocycles. The van der Waals surface area contributed by atoms with Crippen molar-refractivity contribution < 1.29 is 19.1 Å². The third-order valence-electron chi connectivity index (χ3n) is 2.40. The van der Waals surface area contributed by atoms with Crippen LogP contribution in [0.4, 0.5) is 0 Å². The minimum Gasteiger partial charge on any atom is -0.461 e. The molecule has 0 saturated carbocycles. The maximum atomic E-state index is 11.6. The molecule has 1 atom stereocenters. The molecule has 0 saturated heterocycles. The number of hydrogen-bond donors (Lipinski definition) is 1. The molecule has 0 fully saturated rings. The minimum absolute atomic E-state index is 0.215. The Labute approximate surface area is 128 Å². The second-order valence-corrected chi connectivity index (χ2v) is 6.41. The first-order valence-electron chi connectivity index (χ1n) is 6.83. The molecule has 0 aliphatic heterocycles. The molecule has 118 valence electrons. The maximum Gasteiger partial charge on any atom is 0.357 e. The Bertz CT molecular complexity index is 493. The van der Waals surface area contributed by atoms with Gasteiger partial charge in [0.2, 0.25) is 0 Å². The number of aromatic nitrogens is 1. The van der Waals surface area contributed by atoms with Gasteiger partial charge < -0.3 is 15.2 Å². The average Bonchev–Trinajstić information content (AvgIpc) is 2.83. The molecular weight excluding hydrogens is 292 g/mol. The van der Waals surface area contributed by atoms with E-state index in [0.717, 1.165) is 0 Å². The van der Waals surface area contributed by atoms with E-state index in [2.05, 4.69) is 4.98 Å². The third-order valence-corrected chi connectivity index (χ3v) is 3.38. The molecule has 0 unspecified atom stereocenters. The first-order valence-corrected chi connectivity index (χ1v) is 7.71. The van der Waals surface area contributed by atoms with Crippen molar-refractivity contribution in [3.63, 3.8) is 0 Å². The zero-order chi connectivity index (χ0) is 16.0. The van der Waals surface area contributed by atoms with Crippen molar-refractivity contribution in [2.45, 2.75) is 52.2 Å². The van der Waals surface area contributed by atoms with Gasteiger partial charge in [0.25, 0.3) is 0 Å². The lowest BCUT2D eigenvalue weighted by Gasteiger charge is -2.19. The fourth-order valence-corrected chi connectivity index (χ4v) is 2.37. The number of thiazole rings is 1. The van der Waals surface area contributed by atoms with Gasteiger partial charge >= 0.3 is 11.9 Å². The van der Waals surface area contributed by atoms with Gasteiger partial charge in [0.05, 0.1) is 12.6 Å². The highest BCUT2D eigenvalue weighted by atomic mass is 32.1. The fraction of sp³-hybridized carbons (Fsp3) is 0.643. The molecule has 0 amide bonds. The number of hydrogen-bond acceptors (Lipinski definition) is 7. The lowest BCUT2D eigenvalue weighted by Crippen LogP contribution is -2.24. The summed E-state index contributed by atoms with van der Waals surface area (Å²) in [4.78, 5) is 27.3. The van der Waals surface area contributed by atoms with Crippen molar-refractivity contribution in [1.29, 1.82) is 0 Å². The normalized spacial score (nSPS) is 12.8. The van der Waals surface area contributed by atoms with Crippen molar-refractivity contribution in [3.05, 3.63) is 16.1 Å². The number of nitrogens with zero attached hydrogens (tertiary/aromatic N) is 1. The van der Waals surface area contributed by atoms with Crippen LogP contribution in [0.3, 0.4) is 0 Å². The molecule has 7 heteroatoms. The van der Waals surface area contributed by atoms with Crippen LogP contribution in [0.2, 0.25) is 0 Å². The van der Waals surface area contributed by atoms with Crippen molar-refractivity contribution in [1.82, 2.24) is 4.98 Å². The van der Waals surface area contributed by atoms with Crippen LogP contribution in [0.25, 0.3) is 0 Å². The zero-order valence-electron chi connectivity index (χ0n) is 12.8. The van der Waals surface area contributed by atoms with Crippen LogP contribution in [0.15, 0.2) is 5.38 Å². The van der Waals surface area contributed by atoms with Gasteiger partial charge in [-0.25, -0.2) is 9.78 Å². The van der Waals surface area contributed by atoms with Crippen LogP contribution in [0, 0.1) is 0 Å². The van der Waals surface area contributed by atoms with E-state index >= 15 is 0 Å². The van der Waals surface area contributed by atoms with Gasteiger partial charge in [-0.15, -0.1) is 11.3 Å². The number of carbonyl (C=O) groups excluding carboxylic acids is 2. The summed E-state index contributed by atoms with van der Waals surface area (Å²) in [6.45, 7) is 7.49. The molecule has 6 nitrogen and oxygen atoms in total. The van der Waals surface area contributed by atoms with E-state index in [1.807, 2.05) is 20.8 Å². The van der Waals surface area contributed by atoms with Gasteiger partial charge in [0, 0.05) is 11.8 Å². The molecule has 0 spiro atoms. The summed E-state index contributed by atoms with van der Waals surface area (Å²) in [5.41, 5.74) is 5.74. The molecule has 0 aromatic carbocycles. The molecule has 0 aliphatic carbocycles. The van der Waals surface area contributed by atoms with E-state index in [4.69, 9.17) is 15.2 Å². The van der Waals surface area contributed by atoms with E-state index in [1.165, 1.54) is 11.3 Å². The van der Waals surface area contributed by atoms with Gasteiger partial charge in [0.1, 0.15) is 10.6 Å². The number of carbonyl (C=O) groups is 2. The first-order chi connectivity index (χ1) is 9.73. The summed E-state index contributed by atoms with van der Waals surface area (Å²) < 4.78 is 10.1. The molecule has 0 radical (unpaired) electrons. The van der Waals surface area contributed by atoms with Gasteiger partial charge in [-0.1, -0.05) is 0 Å². The van der Waals surface area contributed by atoms with Crippen LogP contribution in [0.5, 0.6) is 0 Å². The predicted molar refractivity (Wildman–Crippen MR) is 80.1 cm³/mol. The molecule has 21 heavy (non-hydrogen) atoms. The van der Waals surface area contributed by atoms with E-state index in [9.17, 15) is 9.59 Å². The van der Waals surface area contributed by atoms with Crippen LogP contribution in [-0.2, 0) is 14.3 Å². The monoisotopic (exact) mass is 314 g/mol. The summed E-state index contributed by atoms with van der Waals surface area (Å²) in [7, 11) is 0. The third kappa shape index (κ3) is 6.22. The minimum atomic E-state index is -0.501. The Hall–Kier alpha value is -1.47. The summed E-state index contributed by atoms with van der Waals surface area (Å²) >= 11 is 1.29. The smallest absolute Gasteiger partial charge is 0.357 e. The molecule has 1 rings (SSSR count). The Morgan fingerprint density at radius 1 is 1.43 bits per heavy atom.